The SMILES string of the molecule is CCc1ccc(CNC(=O)c2ccc(CCN)cc2)cc1. The average molecular weight is 282 g/mol. The van der Waals surface area contributed by atoms with Gasteiger partial charge in [0.2, 0.25) is 0 Å². The maximum Gasteiger partial charge on any atom is 0.251 e. The van der Waals surface area contributed by atoms with E-state index in [2.05, 4.69) is 36.5 Å². The number of rotatable bonds is 6. The van der Waals surface area contributed by atoms with Gasteiger partial charge in [0.05, 0.1) is 0 Å². The molecule has 3 N–H and O–H groups in total. The van der Waals surface area contributed by atoms with Crippen molar-refractivity contribution in [3.05, 3.63) is 70.8 Å². The molecule has 2 aromatic rings. The molecule has 0 aliphatic rings. The Bertz CT molecular complexity index is 573. The molecule has 0 fully saturated rings. The van der Waals surface area contributed by atoms with E-state index in [-0.39, 0.29) is 5.91 Å². The van der Waals surface area contributed by atoms with Gasteiger partial charge in [-0.3, -0.25) is 4.79 Å². The molecule has 3 heteroatoms. The fourth-order valence-corrected chi connectivity index (χ4v) is 2.17. The second-order valence-electron chi connectivity index (χ2n) is 5.09. The molecule has 0 saturated heterocycles. The molecule has 2 aromatic carbocycles. The molecule has 0 heterocycles. The number of hydrogen-bond acceptors (Lipinski definition) is 2. The smallest absolute Gasteiger partial charge is 0.251 e. The van der Waals surface area contributed by atoms with Crippen molar-refractivity contribution in [2.75, 3.05) is 6.54 Å². The Balaban J connectivity index is 1.91. The van der Waals surface area contributed by atoms with Gasteiger partial charge in [0.15, 0.2) is 0 Å². The Morgan fingerprint density at radius 2 is 1.52 bits per heavy atom. The van der Waals surface area contributed by atoms with Crippen LogP contribution < -0.4 is 11.1 Å². The molecule has 0 bridgehead atoms. The predicted molar refractivity (Wildman–Crippen MR) is 86.2 cm³/mol. The van der Waals surface area contributed by atoms with E-state index >= 15 is 0 Å². The molecular weight excluding hydrogens is 260 g/mol. The minimum absolute atomic E-state index is 0.0473. The summed E-state index contributed by atoms with van der Waals surface area (Å²) < 4.78 is 0. The number of nitrogens with one attached hydrogen (secondary N) is 1. The predicted octanol–water partition coefficient (Wildman–Crippen LogP) is 2.68. The van der Waals surface area contributed by atoms with Crippen molar-refractivity contribution >= 4 is 5.91 Å². The van der Waals surface area contributed by atoms with Gasteiger partial charge in [-0.2, -0.15) is 0 Å². The van der Waals surface area contributed by atoms with Crippen molar-refractivity contribution in [2.24, 2.45) is 5.73 Å². The van der Waals surface area contributed by atoms with Crippen LogP contribution in [-0.2, 0) is 19.4 Å². The highest BCUT2D eigenvalue weighted by molar-refractivity contribution is 5.94. The monoisotopic (exact) mass is 282 g/mol. The molecule has 3 nitrogen and oxygen atoms in total. The van der Waals surface area contributed by atoms with Crippen molar-refractivity contribution in [1.29, 1.82) is 0 Å². The number of carbonyl (C=O) groups is 1. The van der Waals surface area contributed by atoms with Crippen LogP contribution in [0.25, 0.3) is 0 Å². The highest BCUT2D eigenvalue weighted by atomic mass is 16.1. The second-order valence-corrected chi connectivity index (χ2v) is 5.09. The van der Waals surface area contributed by atoms with Crippen molar-refractivity contribution in [1.82, 2.24) is 5.32 Å². The first-order valence-electron chi connectivity index (χ1n) is 7.38. The molecule has 0 atom stereocenters. The number of hydrogen-bond donors (Lipinski definition) is 2. The van der Waals surface area contributed by atoms with Crippen molar-refractivity contribution in [3.8, 4) is 0 Å². The third-order valence-electron chi connectivity index (χ3n) is 3.53. The average Bonchev–Trinajstić information content (AvgIpc) is 2.54. The Morgan fingerprint density at radius 3 is 2.10 bits per heavy atom. The normalized spacial score (nSPS) is 10.4. The summed E-state index contributed by atoms with van der Waals surface area (Å²) in [6, 6.07) is 15.9. The van der Waals surface area contributed by atoms with E-state index in [1.807, 2.05) is 24.3 Å². The van der Waals surface area contributed by atoms with Crippen LogP contribution in [0.5, 0.6) is 0 Å². The third-order valence-corrected chi connectivity index (χ3v) is 3.53. The zero-order valence-electron chi connectivity index (χ0n) is 12.4. The van der Waals surface area contributed by atoms with Gasteiger partial charge < -0.3 is 11.1 Å². The molecule has 2 rings (SSSR count). The standard InChI is InChI=1S/C18H22N2O/c1-2-14-3-5-16(6-4-14)13-20-18(21)17-9-7-15(8-10-17)11-12-19/h3-10H,2,11-13,19H2,1H3,(H,20,21). The fourth-order valence-electron chi connectivity index (χ4n) is 2.17. The Labute approximate surface area is 126 Å². The molecule has 21 heavy (non-hydrogen) atoms. The lowest BCUT2D eigenvalue weighted by molar-refractivity contribution is 0.0951. The summed E-state index contributed by atoms with van der Waals surface area (Å²) in [7, 11) is 0. The number of carbonyl (C=O) groups excluding carboxylic acids is 1. The van der Waals surface area contributed by atoms with Crippen molar-refractivity contribution < 1.29 is 4.79 Å². The van der Waals surface area contributed by atoms with Crippen LogP contribution in [0.2, 0.25) is 0 Å². The first-order chi connectivity index (χ1) is 10.2. The van der Waals surface area contributed by atoms with Gasteiger partial charge >= 0.3 is 0 Å². The van der Waals surface area contributed by atoms with E-state index < -0.39 is 0 Å². The molecule has 0 aromatic heterocycles. The minimum Gasteiger partial charge on any atom is -0.348 e. The first-order valence-corrected chi connectivity index (χ1v) is 7.38. The van der Waals surface area contributed by atoms with E-state index in [1.165, 1.54) is 5.56 Å². The topological polar surface area (TPSA) is 55.1 Å². The fraction of sp³-hybridized carbons (Fsp3) is 0.278. The number of aryl methyl sites for hydroxylation is 1. The molecule has 0 radical (unpaired) electrons. The molecular formula is C18H22N2O. The second kappa shape index (κ2) is 7.60. The van der Waals surface area contributed by atoms with Crippen LogP contribution in [0.3, 0.4) is 0 Å². The lowest BCUT2D eigenvalue weighted by Gasteiger charge is -2.07. The summed E-state index contributed by atoms with van der Waals surface area (Å²) in [4.78, 5) is 12.1. The maximum atomic E-state index is 12.1. The molecule has 0 aliphatic carbocycles. The van der Waals surface area contributed by atoms with Gasteiger partial charge in [0.1, 0.15) is 0 Å². The Morgan fingerprint density at radius 1 is 0.952 bits per heavy atom. The van der Waals surface area contributed by atoms with Crippen LogP contribution in [0.15, 0.2) is 48.5 Å². The van der Waals surface area contributed by atoms with Gasteiger partial charge in [-0.1, -0.05) is 43.3 Å². The highest BCUT2D eigenvalue weighted by Crippen LogP contribution is 2.07. The molecule has 0 aliphatic heterocycles. The summed E-state index contributed by atoms with van der Waals surface area (Å²) in [5, 5.41) is 2.94. The van der Waals surface area contributed by atoms with Crippen LogP contribution in [-0.4, -0.2) is 12.5 Å². The van der Waals surface area contributed by atoms with Crippen LogP contribution in [0.4, 0.5) is 0 Å². The van der Waals surface area contributed by atoms with Gasteiger partial charge in [-0.05, 0) is 48.2 Å². The lowest BCUT2D eigenvalue weighted by atomic mass is 10.1. The van der Waals surface area contributed by atoms with E-state index in [0.717, 1.165) is 24.0 Å². The number of amides is 1. The van der Waals surface area contributed by atoms with E-state index in [1.54, 1.807) is 0 Å². The quantitative estimate of drug-likeness (QED) is 0.856. The zero-order chi connectivity index (χ0) is 15.1. The van der Waals surface area contributed by atoms with Crippen LogP contribution in [0, 0.1) is 0 Å². The van der Waals surface area contributed by atoms with Crippen molar-refractivity contribution in [3.63, 3.8) is 0 Å². The van der Waals surface area contributed by atoms with Crippen molar-refractivity contribution in [2.45, 2.75) is 26.3 Å². The molecule has 0 unspecified atom stereocenters. The van der Waals surface area contributed by atoms with E-state index in [9.17, 15) is 4.79 Å². The summed E-state index contributed by atoms with van der Waals surface area (Å²) in [6.07, 6.45) is 1.87. The summed E-state index contributed by atoms with van der Waals surface area (Å²) in [6.45, 7) is 3.30. The first kappa shape index (κ1) is 15.3. The Hall–Kier alpha value is -2.13. The largest absolute Gasteiger partial charge is 0.348 e. The lowest BCUT2D eigenvalue weighted by Crippen LogP contribution is -2.22. The summed E-state index contributed by atoms with van der Waals surface area (Å²) in [5.74, 6) is -0.0473. The minimum atomic E-state index is -0.0473. The number of nitrogens with two attached hydrogens (primary N) is 1. The summed E-state index contributed by atoms with van der Waals surface area (Å²) >= 11 is 0. The van der Waals surface area contributed by atoms with E-state index in [4.69, 9.17) is 5.73 Å². The van der Waals surface area contributed by atoms with Gasteiger partial charge in [0.25, 0.3) is 5.91 Å². The molecule has 110 valence electrons. The number of benzene rings is 2. The zero-order valence-corrected chi connectivity index (χ0v) is 12.4. The highest BCUT2D eigenvalue weighted by Gasteiger charge is 2.05. The van der Waals surface area contributed by atoms with Crippen LogP contribution >= 0.6 is 0 Å². The molecule has 0 spiro atoms. The molecule has 0 saturated carbocycles. The Kier molecular flexibility index (Phi) is 5.52. The van der Waals surface area contributed by atoms with Crippen LogP contribution in [0.1, 0.15) is 34.0 Å². The summed E-state index contributed by atoms with van der Waals surface area (Å²) in [5.41, 5.74) is 9.77. The van der Waals surface area contributed by atoms with Gasteiger partial charge in [-0.15, -0.1) is 0 Å². The van der Waals surface area contributed by atoms with Gasteiger partial charge in [0, 0.05) is 12.1 Å². The maximum absolute atomic E-state index is 12.1. The van der Waals surface area contributed by atoms with Gasteiger partial charge in [-0.25, -0.2) is 0 Å². The van der Waals surface area contributed by atoms with E-state index in [0.29, 0.717) is 18.7 Å². The molecule has 1 amide bonds. The third kappa shape index (κ3) is 4.43.